The van der Waals surface area contributed by atoms with Gasteiger partial charge in [0, 0.05) is 19.2 Å². The standard InChI is InChI=1S/C15H22N2O3/c1-16-8-6-11(7-9-16)17(2)15(19)13-5-4-12(20-3)10-14(13)18/h4-5,10-11,18H,6-9H2,1-3H3. The van der Waals surface area contributed by atoms with Crippen LogP contribution in [0.15, 0.2) is 18.2 Å². The lowest BCUT2D eigenvalue weighted by Gasteiger charge is -2.35. The molecular formula is C15H22N2O3. The maximum absolute atomic E-state index is 12.5. The van der Waals surface area contributed by atoms with E-state index in [0.29, 0.717) is 11.3 Å². The average Bonchev–Trinajstić information content (AvgIpc) is 2.46. The minimum atomic E-state index is -0.139. The topological polar surface area (TPSA) is 53.0 Å². The van der Waals surface area contributed by atoms with Crippen molar-refractivity contribution in [1.82, 2.24) is 9.80 Å². The third kappa shape index (κ3) is 3.04. The molecule has 1 saturated heterocycles. The number of methoxy groups -OCH3 is 1. The Kier molecular flexibility index (Phi) is 4.49. The largest absolute Gasteiger partial charge is 0.507 e. The molecule has 5 heteroatoms. The number of nitrogens with zero attached hydrogens (tertiary/aromatic N) is 2. The number of piperidine rings is 1. The van der Waals surface area contributed by atoms with Gasteiger partial charge >= 0.3 is 0 Å². The molecule has 1 aliphatic rings. The highest BCUT2D eigenvalue weighted by Gasteiger charge is 2.26. The number of benzene rings is 1. The van der Waals surface area contributed by atoms with Gasteiger partial charge < -0.3 is 19.6 Å². The number of hydrogen-bond donors (Lipinski definition) is 1. The number of aromatic hydroxyl groups is 1. The highest BCUT2D eigenvalue weighted by Crippen LogP contribution is 2.26. The van der Waals surface area contributed by atoms with Crippen LogP contribution in [0.3, 0.4) is 0 Å². The molecule has 1 aromatic rings. The molecule has 0 aliphatic carbocycles. The van der Waals surface area contributed by atoms with Gasteiger partial charge in [-0.05, 0) is 45.1 Å². The van der Waals surface area contributed by atoms with Crippen molar-refractivity contribution in [3.05, 3.63) is 23.8 Å². The number of hydrogen-bond acceptors (Lipinski definition) is 4. The van der Waals surface area contributed by atoms with E-state index in [0.717, 1.165) is 25.9 Å². The van der Waals surface area contributed by atoms with Crippen molar-refractivity contribution in [1.29, 1.82) is 0 Å². The smallest absolute Gasteiger partial charge is 0.257 e. The van der Waals surface area contributed by atoms with Gasteiger partial charge in [-0.2, -0.15) is 0 Å². The summed E-state index contributed by atoms with van der Waals surface area (Å²) in [6, 6.07) is 5.01. The molecule has 1 fully saturated rings. The van der Waals surface area contributed by atoms with E-state index in [9.17, 15) is 9.90 Å². The fraction of sp³-hybridized carbons (Fsp3) is 0.533. The summed E-state index contributed by atoms with van der Waals surface area (Å²) in [6.45, 7) is 1.99. The van der Waals surface area contributed by atoms with Crippen LogP contribution in [0.25, 0.3) is 0 Å². The summed E-state index contributed by atoms with van der Waals surface area (Å²) in [7, 11) is 5.43. The van der Waals surface area contributed by atoms with Gasteiger partial charge in [-0.1, -0.05) is 0 Å². The van der Waals surface area contributed by atoms with E-state index in [1.54, 1.807) is 17.0 Å². The van der Waals surface area contributed by atoms with Gasteiger partial charge in [0.2, 0.25) is 0 Å². The molecule has 1 aliphatic heterocycles. The van der Waals surface area contributed by atoms with Crippen LogP contribution in [0.5, 0.6) is 11.5 Å². The summed E-state index contributed by atoms with van der Waals surface area (Å²) in [5.74, 6) is 0.370. The summed E-state index contributed by atoms with van der Waals surface area (Å²) in [4.78, 5) is 16.5. The SMILES string of the molecule is COc1ccc(C(=O)N(C)C2CCN(C)CC2)c(O)c1. The molecule has 5 nitrogen and oxygen atoms in total. The molecule has 1 heterocycles. The molecule has 2 rings (SSSR count). The first-order valence-electron chi connectivity index (χ1n) is 6.85. The molecule has 110 valence electrons. The van der Waals surface area contributed by atoms with Crippen LogP contribution in [0, 0.1) is 0 Å². The molecule has 0 bridgehead atoms. The Bertz CT molecular complexity index is 482. The van der Waals surface area contributed by atoms with Crippen LogP contribution in [-0.2, 0) is 0 Å². The van der Waals surface area contributed by atoms with Gasteiger partial charge in [-0.3, -0.25) is 4.79 Å². The van der Waals surface area contributed by atoms with Crippen molar-refractivity contribution in [3.63, 3.8) is 0 Å². The predicted octanol–water partition coefficient (Wildman–Crippen LogP) is 1.57. The van der Waals surface area contributed by atoms with Gasteiger partial charge in [0.25, 0.3) is 5.91 Å². The quantitative estimate of drug-likeness (QED) is 0.912. The lowest BCUT2D eigenvalue weighted by Crippen LogP contribution is -2.44. The van der Waals surface area contributed by atoms with Gasteiger partial charge in [0.05, 0.1) is 12.7 Å². The maximum Gasteiger partial charge on any atom is 0.257 e. The minimum Gasteiger partial charge on any atom is -0.507 e. The first-order valence-corrected chi connectivity index (χ1v) is 6.85. The molecule has 0 radical (unpaired) electrons. The van der Waals surface area contributed by atoms with Gasteiger partial charge in [-0.25, -0.2) is 0 Å². The van der Waals surface area contributed by atoms with E-state index in [2.05, 4.69) is 11.9 Å². The van der Waals surface area contributed by atoms with Gasteiger partial charge in [0.15, 0.2) is 0 Å². The van der Waals surface area contributed by atoms with E-state index in [-0.39, 0.29) is 17.7 Å². The fourth-order valence-electron chi connectivity index (χ4n) is 2.56. The zero-order valence-corrected chi connectivity index (χ0v) is 12.3. The van der Waals surface area contributed by atoms with Crippen LogP contribution < -0.4 is 4.74 Å². The number of carbonyl (C=O) groups excluding carboxylic acids is 1. The number of amides is 1. The first-order chi connectivity index (χ1) is 9.52. The highest BCUT2D eigenvalue weighted by molar-refractivity contribution is 5.97. The molecule has 0 atom stereocenters. The number of phenolic OH excluding ortho intramolecular Hbond substituents is 1. The molecule has 0 saturated carbocycles. The van der Waals surface area contributed by atoms with Crippen molar-refractivity contribution in [2.24, 2.45) is 0 Å². The summed E-state index contributed by atoms with van der Waals surface area (Å²) < 4.78 is 5.03. The third-order valence-electron chi connectivity index (χ3n) is 3.99. The van der Waals surface area contributed by atoms with Crippen molar-refractivity contribution < 1.29 is 14.6 Å². The van der Waals surface area contributed by atoms with Crippen molar-refractivity contribution in [2.45, 2.75) is 18.9 Å². The van der Waals surface area contributed by atoms with Crippen molar-refractivity contribution in [3.8, 4) is 11.5 Å². The van der Waals surface area contributed by atoms with Crippen LogP contribution in [0.4, 0.5) is 0 Å². The molecule has 1 N–H and O–H groups in total. The Labute approximate surface area is 119 Å². The summed E-state index contributed by atoms with van der Waals surface area (Å²) in [6.07, 6.45) is 1.94. The molecule has 0 aromatic heterocycles. The summed E-state index contributed by atoms with van der Waals surface area (Å²) >= 11 is 0. The Morgan fingerprint density at radius 2 is 2.05 bits per heavy atom. The molecule has 1 amide bonds. The monoisotopic (exact) mass is 278 g/mol. The van der Waals surface area contributed by atoms with Gasteiger partial charge in [-0.15, -0.1) is 0 Å². The van der Waals surface area contributed by atoms with Crippen LogP contribution >= 0.6 is 0 Å². The van der Waals surface area contributed by atoms with Crippen LogP contribution in [0.1, 0.15) is 23.2 Å². The van der Waals surface area contributed by atoms with E-state index in [4.69, 9.17) is 4.74 Å². The second-order valence-electron chi connectivity index (χ2n) is 5.33. The Hall–Kier alpha value is -1.75. The lowest BCUT2D eigenvalue weighted by atomic mass is 10.0. The molecule has 20 heavy (non-hydrogen) atoms. The van der Waals surface area contributed by atoms with Crippen LogP contribution in [0.2, 0.25) is 0 Å². The zero-order valence-electron chi connectivity index (χ0n) is 12.3. The zero-order chi connectivity index (χ0) is 14.7. The van der Waals surface area contributed by atoms with Crippen LogP contribution in [-0.4, -0.2) is 61.2 Å². The Morgan fingerprint density at radius 3 is 2.60 bits per heavy atom. The minimum absolute atomic E-state index is 0.0332. The second-order valence-corrected chi connectivity index (χ2v) is 5.33. The first kappa shape index (κ1) is 14.7. The number of ether oxygens (including phenoxy) is 1. The maximum atomic E-state index is 12.5. The highest BCUT2D eigenvalue weighted by atomic mass is 16.5. The van der Waals surface area contributed by atoms with Crippen molar-refractivity contribution in [2.75, 3.05) is 34.3 Å². The lowest BCUT2D eigenvalue weighted by molar-refractivity contribution is 0.0656. The Morgan fingerprint density at radius 1 is 1.40 bits per heavy atom. The molecule has 0 unspecified atom stereocenters. The van der Waals surface area contributed by atoms with E-state index < -0.39 is 0 Å². The Balaban J connectivity index is 2.10. The average molecular weight is 278 g/mol. The van der Waals surface area contributed by atoms with Crippen molar-refractivity contribution >= 4 is 5.91 Å². The number of carbonyl (C=O) groups is 1. The van der Waals surface area contributed by atoms with E-state index in [1.807, 2.05) is 7.05 Å². The van der Waals surface area contributed by atoms with E-state index >= 15 is 0 Å². The third-order valence-corrected chi connectivity index (χ3v) is 3.99. The number of likely N-dealkylation sites (tertiary alicyclic amines) is 1. The predicted molar refractivity (Wildman–Crippen MR) is 77.3 cm³/mol. The summed E-state index contributed by atoms with van der Waals surface area (Å²) in [5, 5.41) is 9.95. The number of rotatable bonds is 3. The van der Waals surface area contributed by atoms with E-state index in [1.165, 1.54) is 13.2 Å². The fourth-order valence-corrected chi connectivity index (χ4v) is 2.56. The van der Waals surface area contributed by atoms with Gasteiger partial charge in [0.1, 0.15) is 11.5 Å². The molecule has 0 spiro atoms. The summed E-state index contributed by atoms with van der Waals surface area (Å²) in [5.41, 5.74) is 0.326. The normalized spacial score (nSPS) is 16.9. The molecule has 1 aromatic carbocycles. The second kappa shape index (κ2) is 6.13. The number of phenols is 1. The molecular weight excluding hydrogens is 256 g/mol.